The van der Waals surface area contributed by atoms with Crippen molar-refractivity contribution in [3.05, 3.63) is 34.3 Å². The highest BCUT2D eigenvalue weighted by Gasteiger charge is 2.13. The lowest BCUT2D eigenvalue weighted by Gasteiger charge is -2.11. The van der Waals surface area contributed by atoms with Gasteiger partial charge in [-0.25, -0.2) is 0 Å². The van der Waals surface area contributed by atoms with Gasteiger partial charge in [-0.05, 0) is 11.6 Å². The molecule has 0 saturated carbocycles. The first-order chi connectivity index (χ1) is 6.65. The van der Waals surface area contributed by atoms with Crippen molar-refractivity contribution < 1.29 is 9.53 Å². The molecule has 0 radical (unpaired) electrons. The Labute approximate surface area is 104 Å². The van der Waals surface area contributed by atoms with Crippen LogP contribution in [0.4, 0.5) is 0 Å². The van der Waals surface area contributed by atoms with E-state index < -0.39 is 0 Å². The van der Waals surface area contributed by atoms with Crippen molar-refractivity contribution in [1.82, 2.24) is 0 Å². The van der Waals surface area contributed by atoms with Crippen LogP contribution in [-0.2, 0) is 9.53 Å². The highest BCUT2D eigenvalue weighted by atomic mass is 79.9. The Kier molecular flexibility index (Phi) is 6.56. The molecule has 0 aromatic heterocycles. The van der Waals surface area contributed by atoms with E-state index in [1.807, 2.05) is 24.3 Å². The second-order valence-electron chi connectivity index (χ2n) is 2.91. The lowest BCUT2D eigenvalue weighted by Crippen LogP contribution is -2.16. The van der Waals surface area contributed by atoms with Gasteiger partial charge in [0.05, 0.1) is 13.5 Å². The third-order valence-corrected chi connectivity index (χ3v) is 2.64. The minimum absolute atomic E-state index is 0. The van der Waals surface area contributed by atoms with E-state index in [9.17, 15) is 4.79 Å². The molecule has 0 saturated heterocycles. The van der Waals surface area contributed by atoms with Crippen molar-refractivity contribution in [1.29, 1.82) is 0 Å². The number of carbonyl (C=O) groups is 1. The molecule has 2 N–H and O–H groups in total. The number of ether oxygens (including phenoxy) is 1. The van der Waals surface area contributed by atoms with E-state index in [2.05, 4.69) is 20.7 Å². The van der Waals surface area contributed by atoms with Gasteiger partial charge in [-0.3, -0.25) is 4.79 Å². The Morgan fingerprint density at radius 1 is 1.53 bits per heavy atom. The summed E-state index contributed by atoms with van der Waals surface area (Å²) < 4.78 is 5.46. The van der Waals surface area contributed by atoms with Crippen LogP contribution in [0.5, 0.6) is 0 Å². The maximum absolute atomic E-state index is 11.0. The summed E-state index contributed by atoms with van der Waals surface area (Å²) in [4.78, 5) is 11.0. The maximum Gasteiger partial charge on any atom is 0.307 e. The average Bonchev–Trinajstić information content (AvgIpc) is 2.18. The molecule has 0 unspecified atom stereocenters. The molecule has 15 heavy (non-hydrogen) atoms. The van der Waals surface area contributed by atoms with Crippen LogP contribution in [-0.4, -0.2) is 13.1 Å². The normalized spacial score (nSPS) is 11.4. The predicted molar refractivity (Wildman–Crippen MR) is 65.0 cm³/mol. The van der Waals surface area contributed by atoms with Crippen LogP contribution in [0, 0.1) is 0 Å². The zero-order valence-electron chi connectivity index (χ0n) is 8.27. The van der Waals surface area contributed by atoms with Crippen molar-refractivity contribution in [2.24, 2.45) is 5.73 Å². The van der Waals surface area contributed by atoms with E-state index in [0.717, 1.165) is 10.0 Å². The minimum Gasteiger partial charge on any atom is -0.469 e. The van der Waals surface area contributed by atoms with Crippen molar-refractivity contribution in [2.45, 2.75) is 12.5 Å². The van der Waals surface area contributed by atoms with E-state index in [1.165, 1.54) is 7.11 Å². The Hall–Kier alpha value is -0.580. The van der Waals surface area contributed by atoms with E-state index in [1.54, 1.807) is 0 Å². The lowest BCUT2D eigenvalue weighted by atomic mass is 10.1. The lowest BCUT2D eigenvalue weighted by molar-refractivity contribution is -0.141. The summed E-state index contributed by atoms with van der Waals surface area (Å²) in [5, 5.41) is 0. The first-order valence-electron chi connectivity index (χ1n) is 4.22. The summed E-state index contributed by atoms with van der Waals surface area (Å²) >= 11 is 3.38. The number of nitrogens with two attached hydrogens (primary N) is 1. The molecule has 0 heterocycles. The number of hydrogen-bond donors (Lipinski definition) is 1. The van der Waals surface area contributed by atoms with E-state index >= 15 is 0 Å². The largest absolute Gasteiger partial charge is 0.469 e. The summed E-state index contributed by atoms with van der Waals surface area (Å²) in [6.07, 6.45) is 0.194. The third-order valence-electron chi connectivity index (χ3n) is 1.92. The molecule has 1 atom stereocenters. The maximum atomic E-state index is 11.0. The fraction of sp³-hybridized carbons (Fsp3) is 0.300. The van der Waals surface area contributed by atoms with Gasteiger partial charge in [0.2, 0.25) is 0 Å². The second-order valence-corrected chi connectivity index (χ2v) is 3.76. The Morgan fingerprint density at radius 3 is 2.67 bits per heavy atom. The number of rotatable bonds is 3. The van der Waals surface area contributed by atoms with Crippen molar-refractivity contribution in [3.63, 3.8) is 0 Å². The SMILES string of the molecule is COC(=O)C[C@H](N)c1ccccc1Br.Cl. The van der Waals surface area contributed by atoms with Crippen molar-refractivity contribution in [2.75, 3.05) is 7.11 Å². The van der Waals surface area contributed by atoms with Gasteiger partial charge in [0.1, 0.15) is 0 Å². The average molecular weight is 295 g/mol. The highest BCUT2D eigenvalue weighted by molar-refractivity contribution is 9.10. The molecule has 1 aromatic carbocycles. The van der Waals surface area contributed by atoms with Crippen LogP contribution in [0.25, 0.3) is 0 Å². The summed E-state index contributed by atoms with van der Waals surface area (Å²) in [6, 6.07) is 7.25. The predicted octanol–water partition coefficient (Wildman–Crippen LogP) is 2.43. The highest BCUT2D eigenvalue weighted by Crippen LogP contribution is 2.23. The molecule has 0 aliphatic carbocycles. The van der Waals surface area contributed by atoms with Crippen molar-refractivity contribution >= 4 is 34.3 Å². The standard InChI is InChI=1S/C10H12BrNO2.ClH/c1-14-10(13)6-9(12)7-4-2-3-5-8(7)11;/h2-5,9H,6,12H2,1H3;1H/t9-;/m0./s1. The first-order valence-corrected chi connectivity index (χ1v) is 5.01. The smallest absolute Gasteiger partial charge is 0.307 e. The topological polar surface area (TPSA) is 52.3 Å². The van der Waals surface area contributed by atoms with Gasteiger partial charge < -0.3 is 10.5 Å². The second kappa shape index (κ2) is 6.82. The first kappa shape index (κ1) is 14.4. The molecule has 84 valence electrons. The number of benzene rings is 1. The van der Waals surface area contributed by atoms with Crippen LogP contribution < -0.4 is 5.73 Å². The van der Waals surface area contributed by atoms with Crippen LogP contribution >= 0.6 is 28.3 Å². The van der Waals surface area contributed by atoms with Gasteiger partial charge in [-0.2, -0.15) is 0 Å². The molecule has 0 aliphatic heterocycles. The fourth-order valence-electron chi connectivity index (χ4n) is 1.15. The van der Waals surface area contributed by atoms with Gasteiger partial charge >= 0.3 is 5.97 Å². The quantitative estimate of drug-likeness (QED) is 0.871. The van der Waals surface area contributed by atoms with Gasteiger partial charge in [0.15, 0.2) is 0 Å². The van der Waals surface area contributed by atoms with E-state index in [-0.39, 0.29) is 30.8 Å². The summed E-state index contributed by atoms with van der Waals surface area (Å²) in [5.41, 5.74) is 6.76. The molecule has 0 fully saturated rings. The zero-order valence-corrected chi connectivity index (χ0v) is 10.7. The molecule has 3 nitrogen and oxygen atoms in total. The molecule has 5 heteroatoms. The number of esters is 1. The molecule has 0 aliphatic rings. The Balaban J connectivity index is 0.00000196. The molecular weight excluding hydrogens is 281 g/mol. The zero-order chi connectivity index (χ0) is 10.6. The fourth-order valence-corrected chi connectivity index (χ4v) is 1.73. The molecule has 1 rings (SSSR count). The molecule has 0 spiro atoms. The number of halogens is 2. The monoisotopic (exact) mass is 293 g/mol. The number of methoxy groups -OCH3 is 1. The molecule has 0 amide bonds. The van der Waals surface area contributed by atoms with Crippen LogP contribution in [0.3, 0.4) is 0 Å². The van der Waals surface area contributed by atoms with E-state index in [4.69, 9.17) is 5.73 Å². The molecular formula is C10H13BrClNO2. The summed E-state index contributed by atoms with van der Waals surface area (Å²) in [5.74, 6) is -0.298. The van der Waals surface area contributed by atoms with Gasteiger partial charge in [-0.1, -0.05) is 34.1 Å². The number of carbonyl (C=O) groups excluding carboxylic acids is 1. The number of hydrogen-bond acceptors (Lipinski definition) is 3. The van der Waals surface area contributed by atoms with Crippen LogP contribution in [0.1, 0.15) is 18.0 Å². The van der Waals surface area contributed by atoms with Crippen LogP contribution in [0.15, 0.2) is 28.7 Å². The Bertz CT molecular complexity index is 333. The molecule has 1 aromatic rings. The molecule has 0 bridgehead atoms. The Morgan fingerprint density at radius 2 is 2.13 bits per heavy atom. The van der Waals surface area contributed by atoms with Crippen molar-refractivity contribution in [3.8, 4) is 0 Å². The van der Waals surface area contributed by atoms with Gasteiger partial charge in [-0.15, -0.1) is 12.4 Å². The van der Waals surface area contributed by atoms with E-state index in [0.29, 0.717) is 0 Å². The minimum atomic E-state index is -0.321. The summed E-state index contributed by atoms with van der Waals surface area (Å²) in [6.45, 7) is 0. The third kappa shape index (κ3) is 4.20. The van der Waals surface area contributed by atoms with Gasteiger partial charge in [0.25, 0.3) is 0 Å². The summed E-state index contributed by atoms with van der Waals surface area (Å²) in [7, 11) is 1.36. The van der Waals surface area contributed by atoms with Crippen LogP contribution in [0.2, 0.25) is 0 Å². The van der Waals surface area contributed by atoms with Gasteiger partial charge in [0, 0.05) is 10.5 Å².